The van der Waals surface area contributed by atoms with Crippen LogP contribution in [0.3, 0.4) is 0 Å². The van der Waals surface area contributed by atoms with Crippen molar-refractivity contribution >= 4 is 23.8 Å². The molecule has 3 N–H and O–H groups in total. The summed E-state index contributed by atoms with van der Waals surface area (Å²) in [5.41, 5.74) is -0.637. The zero-order valence-electron chi connectivity index (χ0n) is 16.5. The summed E-state index contributed by atoms with van der Waals surface area (Å²) in [4.78, 5) is 50.3. The molecule has 0 radical (unpaired) electrons. The van der Waals surface area contributed by atoms with E-state index in [-0.39, 0.29) is 5.91 Å². The summed E-state index contributed by atoms with van der Waals surface area (Å²) in [6.45, 7) is 5.05. The van der Waals surface area contributed by atoms with Crippen LogP contribution in [0.4, 0.5) is 4.79 Å². The van der Waals surface area contributed by atoms with Crippen molar-refractivity contribution in [3.8, 4) is 5.75 Å². The number of benzene rings is 1. The average Bonchev–Trinajstić information content (AvgIpc) is 2.93. The first-order valence-electron chi connectivity index (χ1n) is 9.14. The van der Waals surface area contributed by atoms with Gasteiger partial charge in [0, 0.05) is 6.54 Å². The van der Waals surface area contributed by atoms with Gasteiger partial charge in [0.25, 0.3) is 5.91 Å². The molecule has 1 aliphatic heterocycles. The van der Waals surface area contributed by atoms with Gasteiger partial charge in [0.2, 0.25) is 11.8 Å². The molecular formula is C19H26N4O5. The number of ether oxygens (including phenoxy) is 1. The van der Waals surface area contributed by atoms with Crippen LogP contribution in [0.15, 0.2) is 24.3 Å². The standard InChI is InChI=1S/C19H26N4O5/c1-5-19(13-7-9-14(28-4)10-8-13)17(26)23(18(27)22-19)11-15(24)21-12(3)16(25)20-6-2/h7-10,12H,5-6,11H2,1-4H3,(H,20,25)(H,21,24)(H,22,27)/t12-,19-/m1/s1. The molecule has 0 spiro atoms. The van der Waals surface area contributed by atoms with Crippen LogP contribution < -0.4 is 20.7 Å². The Morgan fingerprint density at radius 3 is 2.39 bits per heavy atom. The molecule has 1 aromatic carbocycles. The Hall–Kier alpha value is -3.10. The minimum Gasteiger partial charge on any atom is -0.497 e. The fraction of sp³-hybridized carbons (Fsp3) is 0.474. The van der Waals surface area contributed by atoms with Crippen LogP contribution in [0, 0.1) is 0 Å². The number of rotatable bonds is 8. The Labute approximate surface area is 163 Å². The van der Waals surface area contributed by atoms with E-state index in [4.69, 9.17) is 4.74 Å². The molecule has 9 nitrogen and oxygen atoms in total. The van der Waals surface area contributed by atoms with E-state index in [0.29, 0.717) is 24.3 Å². The largest absolute Gasteiger partial charge is 0.497 e. The lowest BCUT2D eigenvalue weighted by atomic mass is 9.87. The van der Waals surface area contributed by atoms with Crippen molar-refractivity contribution in [3.63, 3.8) is 0 Å². The Morgan fingerprint density at radius 2 is 1.86 bits per heavy atom. The van der Waals surface area contributed by atoms with E-state index >= 15 is 0 Å². The molecule has 0 aromatic heterocycles. The number of hydrogen-bond donors (Lipinski definition) is 3. The summed E-state index contributed by atoms with van der Waals surface area (Å²) in [6.07, 6.45) is 0.317. The highest BCUT2D eigenvalue weighted by Crippen LogP contribution is 2.33. The van der Waals surface area contributed by atoms with Gasteiger partial charge in [0.05, 0.1) is 7.11 Å². The molecule has 0 unspecified atom stereocenters. The van der Waals surface area contributed by atoms with Crippen molar-refractivity contribution in [1.29, 1.82) is 0 Å². The molecule has 2 atom stereocenters. The molecule has 1 aliphatic rings. The first-order chi connectivity index (χ1) is 13.3. The molecule has 9 heteroatoms. The molecule has 152 valence electrons. The lowest BCUT2D eigenvalue weighted by molar-refractivity contribution is -0.136. The van der Waals surface area contributed by atoms with Gasteiger partial charge in [0.1, 0.15) is 23.9 Å². The van der Waals surface area contributed by atoms with Gasteiger partial charge in [-0.2, -0.15) is 0 Å². The summed E-state index contributed by atoms with van der Waals surface area (Å²) in [7, 11) is 1.54. The van der Waals surface area contributed by atoms with E-state index in [1.54, 1.807) is 38.1 Å². The van der Waals surface area contributed by atoms with Gasteiger partial charge in [-0.05, 0) is 38.0 Å². The fourth-order valence-corrected chi connectivity index (χ4v) is 3.11. The van der Waals surface area contributed by atoms with Gasteiger partial charge in [-0.1, -0.05) is 19.1 Å². The number of amides is 5. The fourth-order valence-electron chi connectivity index (χ4n) is 3.11. The summed E-state index contributed by atoms with van der Waals surface area (Å²) < 4.78 is 5.13. The Kier molecular flexibility index (Phi) is 6.61. The number of nitrogens with one attached hydrogen (secondary N) is 3. The van der Waals surface area contributed by atoms with Gasteiger partial charge in [-0.15, -0.1) is 0 Å². The maximum atomic E-state index is 13.0. The van der Waals surface area contributed by atoms with Crippen LogP contribution in [0.25, 0.3) is 0 Å². The van der Waals surface area contributed by atoms with Gasteiger partial charge >= 0.3 is 6.03 Å². The van der Waals surface area contributed by atoms with Crippen molar-refractivity contribution in [3.05, 3.63) is 29.8 Å². The summed E-state index contributed by atoms with van der Waals surface area (Å²) >= 11 is 0. The first kappa shape index (κ1) is 21.2. The predicted molar refractivity (Wildman–Crippen MR) is 101 cm³/mol. The quantitative estimate of drug-likeness (QED) is 0.559. The molecule has 5 amide bonds. The van der Waals surface area contributed by atoms with Crippen molar-refractivity contribution in [2.45, 2.75) is 38.8 Å². The summed E-state index contributed by atoms with van der Waals surface area (Å²) in [6, 6.07) is 5.40. The minimum absolute atomic E-state index is 0.317. The molecular weight excluding hydrogens is 364 g/mol. The highest BCUT2D eigenvalue weighted by atomic mass is 16.5. The monoisotopic (exact) mass is 390 g/mol. The van der Waals surface area contributed by atoms with Crippen molar-refractivity contribution in [1.82, 2.24) is 20.9 Å². The predicted octanol–water partition coefficient (Wildman–Crippen LogP) is 0.493. The molecule has 0 bridgehead atoms. The van der Waals surface area contributed by atoms with Gasteiger partial charge in [0.15, 0.2) is 0 Å². The van der Waals surface area contributed by atoms with Crippen LogP contribution in [-0.4, -0.2) is 54.9 Å². The first-order valence-corrected chi connectivity index (χ1v) is 9.14. The van der Waals surface area contributed by atoms with E-state index in [0.717, 1.165) is 4.90 Å². The van der Waals surface area contributed by atoms with E-state index in [2.05, 4.69) is 16.0 Å². The molecule has 2 rings (SSSR count). The second kappa shape index (κ2) is 8.73. The van der Waals surface area contributed by atoms with E-state index < -0.39 is 36.0 Å². The molecule has 1 aromatic rings. The number of carbonyl (C=O) groups excluding carboxylic acids is 4. The van der Waals surface area contributed by atoms with Gasteiger partial charge in [-0.25, -0.2) is 4.79 Å². The minimum atomic E-state index is -1.24. The van der Waals surface area contributed by atoms with E-state index in [1.807, 2.05) is 0 Å². The number of carbonyl (C=O) groups is 4. The SMILES string of the molecule is CCNC(=O)[C@@H](C)NC(=O)CN1C(=O)N[C@](CC)(c2ccc(OC)cc2)C1=O. The summed E-state index contributed by atoms with van der Waals surface area (Å²) in [5.74, 6) is -0.814. The highest BCUT2D eigenvalue weighted by molar-refractivity contribution is 6.09. The lowest BCUT2D eigenvalue weighted by Crippen LogP contribution is -2.49. The number of urea groups is 1. The van der Waals surface area contributed by atoms with Crippen LogP contribution >= 0.6 is 0 Å². The molecule has 1 heterocycles. The topological polar surface area (TPSA) is 117 Å². The third-order valence-electron chi connectivity index (χ3n) is 4.71. The van der Waals surface area contributed by atoms with Crippen LogP contribution in [-0.2, 0) is 19.9 Å². The van der Waals surface area contributed by atoms with Gasteiger partial charge in [-0.3, -0.25) is 19.3 Å². The number of methoxy groups -OCH3 is 1. The average molecular weight is 390 g/mol. The van der Waals surface area contributed by atoms with Crippen molar-refractivity contribution < 1.29 is 23.9 Å². The van der Waals surface area contributed by atoms with Crippen LogP contribution in [0.5, 0.6) is 5.75 Å². The Morgan fingerprint density at radius 1 is 1.21 bits per heavy atom. The third-order valence-corrected chi connectivity index (χ3v) is 4.71. The van der Waals surface area contributed by atoms with Crippen LogP contribution in [0.2, 0.25) is 0 Å². The molecule has 1 fully saturated rings. The zero-order valence-corrected chi connectivity index (χ0v) is 16.5. The number of nitrogens with zero attached hydrogens (tertiary/aromatic N) is 1. The van der Waals surface area contributed by atoms with Crippen molar-refractivity contribution in [2.75, 3.05) is 20.2 Å². The molecule has 1 saturated heterocycles. The maximum Gasteiger partial charge on any atom is 0.325 e. The zero-order chi connectivity index (χ0) is 20.9. The van der Waals surface area contributed by atoms with Crippen LogP contribution in [0.1, 0.15) is 32.8 Å². The van der Waals surface area contributed by atoms with Gasteiger partial charge < -0.3 is 20.7 Å². The normalized spacial score (nSPS) is 19.8. The lowest BCUT2D eigenvalue weighted by Gasteiger charge is -2.26. The number of likely N-dealkylation sites (N-methyl/N-ethyl adjacent to an activating group) is 1. The second-order valence-electron chi connectivity index (χ2n) is 6.49. The Bertz CT molecular complexity index is 764. The third kappa shape index (κ3) is 4.08. The van der Waals surface area contributed by atoms with E-state index in [1.165, 1.54) is 14.0 Å². The van der Waals surface area contributed by atoms with E-state index in [9.17, 15) is 19.2 Å². The number of imide groups is 1. The highest BCUT2D eigenvalue weighted by Gasteiger charge is 2.51. The second-order valence-corrected chi connectivity index (χ2v) is 6.49. The molecule has 0 aliphatic carbocycles. The molecule has 0 saturated carbocycles. The summed E-state index contributed by atoms with van der Waals surface area (Å²) in [5, 5.41) is 7.79. The van der Waals surface area contributed by atoms with Crippen molar-refractivity contribution in [2.24, 2.45) is 0 Å². The molecule has 28 heavy (non-hydrogen) atoms. The number of hydrogen-bond acceptors (Lipinski definition) is 5. The maximum absolute atomic E-state index is 13.0. The smallest absolute Gasteiger partial charge is 0.325 e. The Balaban J connectivity index is 2.14.